The number of H-pyrrole nitrogens is 1. The van der Waals surface area contributed by atoms with Crippen molar-refractivity contribution in [1.29, 1.82) is 0 Å². The second kappa shape index (κ2) is 12.2. The van der Waals surface area contributed by atoms with Crippen molar-refractivity contribution in [1.82, 2.24) is 15.1 Å². The van der Waals surface area contributed by atoms with Crippen molar-refractivity contribution in [3.05, 3.63) is 101 Å². The van der Waals surface area contributed by atoms with Gasteiger partial charge in [0.1, 0.15) is 5.78 Å². The third-order valence-corrected chi connectivity index (χ3v) is 7.43. The Morgan fingerprint density at radius 3 is 2.47 bits per heavy atom. The van der Waals surface area contributed by atoms with E-state index in [0.29, 0.717) is 18.8 Å². The lowest BCUT2D eigenvalue weighted by Crippen LogP contribution is -2.35. The van der Waals surface area contributed by atoms with Crippen LogP contribution in [0.2, 0.25) is 0 Å². The highest BCUT2D eigenvalue weighted by Crippen LogP contribution is 2.24. The summed E-state index contributed by atoms with van der Waals surface area (Å²) >= 11 is 0. The number of Topliss-reactive ketones (excluding diaryl/α,β-unsaturated/α-hetero) is 1. The fourth-order valence-corrected chi connectivity index (χ4v) is 5.54. The molecule has 1 aliphatic rings. The first-order valence-electron chi connectivity index (χ1n) is 13.4. The molecule has 2 heterocycles. The third-order valence-electron chi connectivity index (χ3n) is 7.43. The van der Waals surface area contributed by atoms with Crippen molar-refractivity contribution in [3.63, 3.8) is 0 Å². The van der Waals surface area contributed by atoms with Crippen molar-refractivity contribution in [2.24, 2.45) is 5.92 Å². The molecule has 3 aromatic carbocycles. The standard InChI is InChI=1S/C32H35N3O3/c1-38-32(37)19-24-9-7-23(8-10-24)17-30(36)18-25-4-2-5-27(14-25)21-35-13-3-6-28(22-35)15-26-11-12-31-29(16-26)20-33-34-31/h2,4-5,7-12,14,16,20,28H,3,6,13,15,17-19,21-22H2,1H3,(H,33,34). The van der Waals surface area contributed by atoms with Gasteiger partial charge in [-0.1, -0.05) is 54.6 Å². The number of hydrogen-bond donors (Lipinski definition) is 1. The van der Waals surface area contributed by atoms with Crippen LogP contribution in [0.5, 0.6) is 0 Å². The van der Waals surface area contributed by atoms with E-state index in [2.05, 4.69) is 51.5 Å². The van der Waals surface area contributed by atoms with Gasteiger partial charge in [-0.2, -0.15) is 5.10 Å². The van der Waals surface area contributed by atoms with Gasteiger partial charge in [0, 0.05) is 31.3 Å². The van der Waals surface area contributed by atoms with Gasteiger partial charge in [-0.3, -0.25) is 19.6 Å². The molecule has 0 aliphatic carbocycles. The van der Waals surface area contributed by atoms with Gasteiger partial charge in [0.25, 0.3) is 0 Å². The number of aromatic amines is 1. The predicted molar refractivity (Wildman–Crippen MR) is 149 cm³/mol. The van der Waals surface area contributed by atoms with E-state index in [4.69, 9.17) is 4.74 Å². The summed E-state index contributed by atoms with van der Waals surface area (Å²) in [5.74, 6) is 0.577. The third kappa shape index (κ3) is 6.95. The van der Waals surface area contributed by atoms with Gasteiger partial charge in [-0.25, -0.2) is 0 Å². The maximum atomic E-state index is 12.8. The Morgan fingerprint density at radius 1 is 0.921 bits per heavy atom. The van der Waals surface area contributed by atoms with E-state index in [9.17, 15) is 9.59 Å². The minimum atomic E-state index is -0.263. The minimum absolute atomic E-state index is 0.190. The molecule has 0 amide bonds. The minimum Gasteiger partial charge on any atom is -0.469 e. The quantitative estimate of drug-likeness (QED) is 0.302. The van der Waals surface area contributed by atoms with Crippen molar-refractivity contribution >= 4 is 22.7 Å². The zero-order valence-electron chi connectivity index (χ0n) is 22.0. The van der Waals surface area contributed by atoms with Crippen molar-refractivity contribution < 1.29 is 14.3 Å². The molecule has 38 heavy (non-hydrogen) atoms. The summed E-state index contributed by atoms with van der Waals surface area (Å²) in [6.07, 6.45) is 6.53. The highest BCUT2D eigenvalue weighted by molar-refractivity contribution is 5.83. The molecule has 0 radical (unpaired) electrons. The number of carbonyl (C=O) groups excluding carboxylic acids is 2. The van der Waals surface area contributed by atoms with E-state index in [0.717, 1.165) is 48.3 Å². The summed E-state index contributed by atoms with van der Waals surface area (Å²) in [6.45, 7) is 3.13. The van der Waals surface area contributed by atoms with E-state index in [1.54, 1.807) is 0 Å². The predicted octanol–water partition coefficient (Wildman–Crippen LogP) is 5.09. The highest BCUT2D eigenvalue weighted by atomic mass is 16.5. The largest absolute Gasteiger partial charge is 0.469 e. The van der Waals surface area contributed by atoms with Gasteiger partial charge in [0.15, 0.2) is 0 Å². The number of methoxy groups -OCH3 is 1. The number of fused-ring (bicyclic) bond motifs is 1. The molecule has 1 atom stereocenters. The lowest BCUT2D eigenvalue weighted by molar-refractivity contribution is -0.139. The molecule has 6 heteroatoms. The number of nitrogens with one attached hydrogen (secondary N) is 1. The SMILES string of the molecule is COC(=O)Cc1ccc(CC(=O)Cc2cccc(CN3CCCC(Cc4ccc5[nH]ncc5c4)C3)c2)cc1. The smallest absolute Gasteiger partial charge is 0.309 e. The first-order chi connectivity index (χ1) is 18.5. The van der Waals surface area contributed by atoms with Gasteiger partial charge in [-0.15, -0.1) is 0 Å². The molecule has 1 N–H and O–H groups in total. The van der Waals surface area contributed by atoms with Gasteiger partial charge >= 0.3 is 5.97 Å². The van der Waals surface area contributed by atoms with Crippen molar-refractivity contribution in [3.8, 4) is 0 Å². The average molecular weight is 510 g/mol. The molecule has 4 aromatic rings. The second-order valence-corrected chi connectivity index (χ2v) is 10.5. The van der Waals surface area contributed by atoms with Crippen molar-refractivity contribution in [2.45, 2.75) is 45.1 Å². The van der Waals surface area contributed by atoms with Gasteiger partial charge in [0.2, 0.25) is 0 Å². The first kappa shape index (κ1) is 25.9. The molecule has 196 valence electrons. The second-order valence-electron chi connectivity index (χ2n) is 10.5. The number of rotatable bonds is 10. The molecular weight excluding hydrogens is 474 g/mol. The maximum absolute atomic E-state index is 12.8. The van der Waals surface area contributed by atoms with Gasteiger partial charge < -0.3 is 4.74 Å². The number of likely N-dealkylation sites (tertiary alicyclic amines) is 1. The summed E-state index contributed by atoms with van der Waals surface area (Å²) in [7, 11) is 1.39. The van der Waals surface area contributed by atoms with E-state index in [1.807, 2.05) is 36.5 Å². The molecule has 0 bridgehead atoms. The number of ether oxygens (including phenoxy) is 1. The molecule has 5 rings (SSSR count). The number of aromatic nitrogens is 2. The van der Waals surface area contributed by atoms with Crippen LogP contribution in [0.4, 0.5) is 0 Å². The van der Waals surface area contributed by atoms with E-state index >= 15 is 0 Å². The summed E-state index contributed by atoms with van der Waals surface area (Å²) in [4.78, 5) is 26.8. The van der Waals surface area contributed by atoms with Crippen LogP contribution in [0.15, 0.2) is 72.9 Å². The number of hydrogen-bond acceptors (Lipinski definition) is 5. The molecule has 0 saturated carbocycles. The van der Waals surface area contributed by atoms with E-state index in [-0.39, 0.29) is 18.2 Å². The Balaban J connectivity index is 1.13. The first-order valence-corrected chi connectivity index (χ1v) is 13.4. The van der Waals surface area contributed by atoms with E-state index < -0.39 is 0 Å². The Bertz CT molecular complexity index is 1390. The number of nitrogens with zero attached hydrogens (tertiary/aromatic N) is 2. The van der Waals surface area contributed by atoms with Crippen LogP contribution < -0.4 is 0 Å². The molecule has 1 saturated heterocycles. The van der Waals surface area contributed by atoms with Crippen LogP contribution in [-0.4, -0.2) is 47.0 Å². The molecule has 0 spiro atoms. The topological polar surface area (TPSA) is 75.3 Å². The fourth-order valence-electron chi connectivity index (χ4n) is 5.54. The fraction of sp³-hybridized carbons (Fsp3) is 0.344. The Labute approximate surface area is 224 Å². The van der Waals surface area contributed by atoms with Crippen LogP contribution in [0, 0.1) is 5.92 Å². The molecule has 1 aliphatic heterocycles. The highest BCUT2D eigenvalue weighted by Gasteiger charge is 2.20. The van der Waals surface area contributed by atoms with Crippen LogP contribution in [0.25, 0.3) is 10.9 Å². The van der Waals surface area contributed by atoms with Crippen LogP contribution in [0.3, 0.4) is 0 Å². The summed E-state index contributed by atoms with van der Waals surface area (Å²) in [5, 5.41) is 8.35. The monoisotopic (exact) mass is 509 g/mol. The Morgan fingerprint density at radius 2 is 1.66 bits per heavy atom. The number of benzene rings is 3. The summed E-state index contributed by atoms with van der Waals surface area (Å²) in [5.41, 5.74) is 6.65. The van der Waals surface area contributed by atoms with Crippen LogP contribution in [-0.2, 0) is 46.6 Å². The zero-order valence-corrected chi connectivity index (χ0v) is 22.0. The summed E-state index contributed by atoms with van der Waals surface area (Å²) < 4.78 is 4.71. The normalized spacial score (nSPS) is 16.0. The lowest BCUT2D eigenvalue weighted by Gasteiger charge is -2.33. The number of ketones is 1. The Hall–Kier alpha value is -3.77. The summed E-state index contributed by atoms with van der Waals surface area (Å²) in [6, 6.07) is 22.7. The Kier molecular flexibility index (Phi) is 8.29. The van der Waals surface area contributed by atoms with Crippen LogP contribution >= 0.6 is 0 Å². The molecule has 1 aromatic heterocycles. The average Bonchev–Trinajstić information content (AvgIpc) is 3.38. The van der Waals surface area contributed by atoms with E-state index in [1.165, 1.54) is 36.5 Å². The molecule has 1 unspecified atom stereocenters. The van der Waals surface area contributed by atoms with Crippen molar-refractivity contribution in [2.75, 3.05) is 20.2 Å². The number of esters is 1. The molecule has 1 fully saturated rings. The maximum Gasteiger partial charge on any atom is 0.309 e. The number of carbonyl (C=O) groups is 2. The molecular formula is C32H35N3O3. The van der Waals surface area contributed by atoms with Gasteiger partial charge in [0.05, 0.1) is 25.2 Å². The molecule has 6 nitrogen and oxygen atoms in total. The zero-order chi connectivity index (χ0) is 26.3. The lowest BCUT2D eigenvalue weighted by atomic mass is 9.90. The van der Waals surface area contributed by atoms with Crippen LogP contribution in [0.1, 0.15) is 40.7 Å². The van der Waals surface area contributed by atoms with Gasteiger partial charge in [-0.05, 0) is 71.7 Å². The number of piperidine rings is 1.